The van der Waals surface area contributed by atoms with E-state index in [4.69, 9.17) is 0 Å². The Labute approximate surface area is 133 Å². The number of rotatable bonds is 2. The Morgan fingerprint density at radius 3 is 2.57 bits per heavy atom. The van der Waals surface area contributed by atoms with Crippen LogP contribution in [0.3, 0.4) is 0 Å². The largest absolute Gasteiger partial charge is 0.339 e. The van der Waals surface area contributed by atoms with Crippen molar-refractivity contribution >= 4 is 17.5 Å². The lowest BCUT2D eigenvalue weighted by Gasteiger charge is -2.36. The molecule has 0 bridgehead atoms. The Hall–Kier alpha value is -2.05. The highest BCUT2D eigenvalue weighted by molar-refractivity contribution is 5.96. The Kier molecular flexibility index (Phi) is 3.14. The van der Waals surface area contributed by atoms with Gasteiger partial charge in [0, 0.05) is 31.5 Å². The molecule has 2 saturated heterocycles. The molecule has 1 aromatic heterocycles. The molecule has 4 rings (SSSR count). The molecule has 3 heterocycles. The van der Waals surface area contributed by atoms with Gasteiger partial charge in [0.25, 0.3) is 5.91 Å². The van der Waals surface area contributed by atoms with Gasteiger partial charge in [-0.25, -0.2) is 14.4 Å². The first kappa shape index (κ1) is 14.5. The molecule has 1 aromatic rings. The van der Waals surface area contributed by atoms with Gasteiger partial charge >= 0.3 is 0 Å². The van der Waals surface area contributed by atoms with Crippen molar-refractivity contribution in [3.63, 3.8) is 0 Å². The number of carbonyl (C=O) groups is 2. The molecular weight excluding hydrogens is 299 g/mol. The maximum absolute atomic E-state index is 14.4. The zero-order valence-corrected chi connectivity index (χ0v) is 12.9. The zero-order valence-electron chi connectivity index (χ0n) is 12.9. The Morgan fingerprint density at radius 1 is 1.17 bits per heavy atom. The van der Waals surface area contributed by atoms with Crippen LogP contribution in [-0.4, -0.2) is 52.0 Å². The fourth-order valence-corrected chi connectivity index (χ4v) is 3.93. The van der Waals surface area contributed by atoms with E-state index in [1.807, 2.05) is 0 Å². The van der Waals surface area contributed by atoms with Crippen molar-refractivity contribution in [1.29, 1.82) is 0 Å². The molecule has 1 saturated carbocycles. The minimum absolute atomic E-state index is 0.0210. The summed E-state index contributed by atoms with van der Waals surface area (Å²) in [5.41, 5.74) is -1.23. The van der Waals surface area contributed by atoms with Crippen molar-refractivity contribution in [3.8, 4) is 0 Å². The summed E-state index contributed by atoms with van der Waals surface area (Å²) in [5, 5.41) is 0. The second-order valence-electron chi connectivity index (χ2n) is 7.05. The smallest absolute Gasteiger partial charge is 0.260 e. The van der Waals surface area contributed by atoms with Gasteiger partial charge in [0.05, 0.1) is 18.1 Å². The van der Waals surface area contributed by atoms with Crippen LogP contribution in [0, 0.1) is 5.41 Å². The standard InChI is InChI=1S/C16H19FN4O2/c17-16(2-1-3-16)14(23)20-5-4-15(9-20)6-13(22)21(10-15)12-7-18-11-19-8-12/h7-8,11H,1-6,9-10H2/t15-/m0/s1. The minimum Gasteiger partial charge on any atom is -0.339 e. The van der Waals surface area contributed by atoms with Crippen LogP contribution < -0.4 is 4.90 Å². The van der Waals surface area contributed by atoms with E-state index in [1.165, 1.54) is 6.33 Å². The lowest BCUT2D eigenvalue weighted by Crippen LogP contribution is -2.50. The van der Waals surface area contributed by atoms with Crippen LogP contribution in [0.1, 0.15) is 32.1 Å². The van der Waals surface area contributed by atoms with E-state index in [-0.39, 0.29) is 17.2 Å². The molecule has 1 spiro atoms. The van der Waals surface area contributed by atoms with Gasteiger partial charge in [-0.2, -0.15) is 0 Å². The molecule has 3 aliphatic rings. The van der Waals surface area contributed by atoms with Crippen molar-refractivity contribution in [2.24, 2.45) is 5.41 Å². The Morgan fingerprint density at radius 2 is 1.91 bits per heavy atom. The van der Waals surface area contributed by atoms with Crippen molar-refractivity contribution in [3.05, 3.63) is 18.7 Å². The number of hydrogen-bond acceptors (Lipinski definition) is 4. The number of amides is 2. The van der Waals surface area contributed by atoms with Crippen LogP contribution in [0.15, 0.2) is 18.7 Å². The number of anilines is 1. The SMILES string of the molecule is O=C1C[C@]2(CCN(C(=O)C3(F)CCC3)C2)CN1c1cncnc1. The number of likely N-dealkylation sites (tertiary alicyclic amines) is 1. The van der Waals surface area contributed by atoms with Gasteiger partial charge in [0.1, 0.15) is 6.33 Å². The van der Waals surface area contributed by atoms with Gasteiger partial charge in [-0.05, 0) is 25.7 Å². The molecule has 1 atom stereocenters. The highest BCUT2D eigenvalue weighted by atomic mass is 19.1. The molecule has 6 nitrogen and oxygen atoms in total. The highest BCUT2D eigenvalue weighted by Crippen LogP contribution is 2.44. The lowest BCUT2D eigenvalue weighted by atomic mass is 9.81. The molecule has 2 amide bonds. The number of alkyl halides is 1. The lowest BCUT2D eigenvalue weighted by molar-refractivity contribution is -0.149. The number of aromatic nitrogens is 2. The van der Waals surface area contributed by atoms with E-state index >= 15 is 0 Å². The highest BCUT2D eigenvalue weighted by Gasteiger charge is 2.53. The van der Waals surface area contributed by atoms with E-state index < -0.39 is 5.67 Å². The molecule has 0 unspecified atom stereocenters. The molecule has 23 heavy (non-hydrogen) atoms. The number of halogens is 1. The van der Waals surface area contributed by atoms with Crippen molar-refractivity contribution < 1.29 is 14.0 Å². The first-order valence-electron chi connectivity index (χ1n) is 8.05. The molecule has 0 N–H and O–H groups in total. The van der Waals surface area contributed by atoms with Gasteiger partial charge in [0.15, 0.2) is 5.67 Å². The van der Waals surface area contributed by atoms with Gasteiger partial charge in [-0.3, -0.25) is 9.59 Å². The summed E-state index contributed by atoms with van der Waals surface area (Å²) < 4.78 is 14.4. The molecule has 0 radical (unpaired) electrons. The third-order valence-corrected chi connectivity index (χ3v) is 5.43. The molecule has 3 fully saturated rings. The summed E-state index contributed by atoms with van der Waals surface area (Å²) in [6, 6.07) is 0. The van der Waals surface area contributed by atoms with Gasteiger partial charge in [-0.15, -0.1) is 0 Å². The van der Waals surface area contributed by atoms with E-state index in [1.54, 1.807) is 22.2 Å². The van der Waals surface area contributed by atoms with Gasteiger partial charge in [-0.1, -0.05) is 0 Å². The summed E-state index contributed by atoms with van der Waals surface area (Å²) in [5.74, 6) is -0.359. The molecule has 1 aliphatic carbocycles. The Bertz CT molecular complexity index is 649. The van der Waals surface area contributed by atoms with Crippen LogP contribution in [-0.2, 0) is 9.59 Å². The molecule has 7 heteroatoms. The van der Waals surface area contributed by atoms with Crippen molar-refractivity contribution in [2.75, 3.05) is 24.5 Å². The maximum atomic E-state index is 14.4. The third-order valence-electron chi connectivity index (χ3n) is 5.43. The second kappa shape index (κ2) is 4.97. The third kappa shape index (κ3) is 2.29. The second-order valence-corrected chi connectivity index (χ2v) is 7.05. The fourth-order valence-electron chi connectivity index (χ4n) is 3.93. The van der Waals surface area contributed by atoms with E-state index in [2.05, 4.69) is 9.97 Å². The van der Waals surface area contributed by atoms with Crippen LogP contribution in [0.2, 0.25) is 0 Å². The summed E-state index contributed by atoms with van der Waals surface area (Å²) in [6.07, 6.45) is 7.25. The van der Waals surface area contributed by atoms with Crippen LogP contribution in [0.4, 0.5) is 10.1 Å². The van der Waals surface area contributed by atoms with Gasteiger partial charge < -0.3 is 9.80 Å². The summed E-state index contributed by atoms with van der Waals surface area (Å²) in [4.78, 5) is 35.9. The predicted molar refractivity (Wildman–Crippen MR) is 80.3 cm³/mol. The number of carbonyl (C=O) groups excluding carboxylic acids is 2. The van der Waals surface area contributed by atoms with Crippen molar-refractivity contribution in [1.82, 2.24) is 14.9 Å². The molecule has 2 aliphatic heterocycles. The average Bonchev–Trinajstić information content (AvgIpc) is 3.09. The molecule has 0 aromatic carbocycles. The molecule has 122 valence electrons. The van der Waals surface area contributed by atoms with Crippen LogP contribution in [0.5, 0.6) is 0 Å². The van der Waals surface area contributed by atoms with Crippen LogP contribution in [0.25, 0.3) is 0 Å². The number of hydrogen-bond donors (Lipinski definition) is 0. The first-order chi connectivity index (χ1) is 11.0. The summed E-state index contributed by atoms with van der Waals surface area (Å²) in [7, 11) is 0. The van der Waals surface area contributed by atoms with E-state index in [0.717, 1.165) is 12.8 Å². The zero-order chi connectivity index (χ0) is 16.1. The van der Waals surface area contributed by atoms with Gasteiger partial charge in [0.2, 0.25) is 5.91 Å². The topological polar surface area (TPSA) is 66.4 Å². The normalized spacial score (nSPS) is 29.2. The monoisotopic (exact) mass is 318 g/mol. The quantitative estimate of drug-likeness (QED) is 0.825. The minimum atomic E-state index is -1.65. The van der Waals surface area contributed by atoms with E-state index in [9.17, 15) is 14.0 Å². The fraction of sp³-hybridized carbons (Fsp3) is 0.625. The molecular formula is C16H19FN4O2. The van der Waals surface area contributed by atoms with Crippen LogP contribution >= 0.6 is 0 Å². The predicted octanol–water partition coefficient (Wildman–Crippen LogP) is 1.32. The van der Waals surface area contributed by atoms with Crippen molar-refractivity contribution in [2.45, 2.75) is 37.8 Å². The number of nitrogens with zero attached hydrogens (tertiary/aromatic N) is 4. The first-order valence-corrected chi connectivity index (χ1v) is 8.05. The average molecular weight is 318 g/mol. The van der Waals surface area contributed by atoms with E-state index in [0.29, 0.717) is 44.6 Å². The Balaban J connectivity index is 1.49. The summed E-state index contributed by atoms with van der Waals surface area (Å²) >= 11 is 0. The summed E-state index contributed by atoms with van der Waals surface area (Å²) in [6.45, 7) is 1.55. The maximum Gasteiger partial charge on any atom is 0.260 e.